The van der Waals surface area contributed by atoms with Gasteiger partial charge in [-0.2, -0.15) is 0 Å². The van der Waals surface area contributed by atoms with Crippen LogP contribution >= 0.6 is 0 Å². The lowest BCUT2D eigenvalue weighted by Crippen LogP contribution is -2.34. The van der Waals surface area contributed by atoms with Crippen LogP contribution < -0.4 is 10.2 Å². The van der Waals surface area contributed by atoms with Gasteiger partial charge in [0.2, 0.25) is 11.8 Å². The third-order valence-corrected chi connectivity index (χ3v) is 5.95. The maximum Gasteiger partial charge on any atom is 0.227 e. The summed E-state index contributed by atoms with van der Waals surface area (Å²) in [6, 6.07) is 28.6. The number of benzene rings is 3. The van der Waals surface area contributed by atoms with Crippen LogP contribution in [-0.2, 0) is 9.59 Å². The number of rotatable bonds is 7. The smallest absolute Gasteiger partial charge is 0.227 e. The van der Waals surface area contributed by atoms with Crippen LogP contribution in [0.4, 0.5) is 5.69 Å². The molecular weight excluding hydrogens is 384 g/mol. The van der Waals surface area contributed by atoms with Gasteiger partial charge in [0.1, 0.15) is 0 Å². The molecule has 1 fully saturated rings. The van der Waals surface area contributed by atoms with Gasteiger partial charge >= 0.3 is 0 Å². The molecule has 4 nitrogen and oxygen atoms in total. The Balaban J connectivity index is 1.37. The molecule has 3 aromatic rings. The highest BCUT2D eigenvalue weighted by Gasteiger charge is 2.35. The average molecular weight is 413 g/mol. The molecule has 1 saturated heterocycles. The molecule has 4 rings (SSSR count). The number of carbonyl (C=O) groups is 2. The van der Waals surface area contributed by atoms with E-state index in [0.717, 1.165) is 17.7 Å². The SMILES string of the molecule is Cc1cccc(N2C[C@@H](C(=O)NCCC(c3ccccc3)c3ccccc3)CC2=O)c1. The molecule has 1 aliphatic heterocycles. The normalized spacial score (nSPS) is 16.0. The molecule has 4 heteroatoms. The van der Waals surface area contributed by atoms with Gasteiger partial charge in [0.25, 0.3) is 0 Å². The second-order valence-corrected chi connectivity index (χ2v) is 8.20. The summed E-state index contributed by atoms with van der Waals surface area (Å²) >= 11 is 0. The van der Waals surface area contributed by atoms with Gasteiger partial charge in [0.05, 0.1) is 5.92 Å². The zero-order valence-electron chi connectivity index (χ0n) is 17.8. The van der Waals surface area contributed by atoms with E-state index in [9.17, 15) is 9.59 Å². The van der Waals surface area contributed by atoms with E-state index in [2.05, 4.69) is 29.6 Å². The molecule has 3 aromatic carbocycles. The minimum absolute atomic E-state index is 0.0113. The Labute approximate surface area is 183 Å². The Morgan fingerprint density at radius 2 is 1.61 bits per heavy atom. The number of hydrogen-bond acceptors (Lipinski definition) is 2. The first-order valence-corrected chi connectivity index (χ1v) is 10.9. The molecule has 1 atom stereocenters. The van der Waals surface area contributed by atoms with Crippen LogP contribution in [0.2, 0.25) is 0 Å². The fourth-order valence-corrected chi connectivity index (χ4v) is 4.31. The van der Waals surface area contributed by atoms with E-state index >= 15 is 0 Å². The van der Waals surface area contributed by atoms with Gasteiger partial charge in [0.15, 0.2) is 0 Å². The minimum Gasteiger partial charge on any atom is -0.356 e. The summed E-state index contributed by atoms with van der Waals surface area (Å²) in [7, 11) is 0. The van der Waals surface area contributed by atoms with Crippen molar-refractivity contribution in [2.45, 2.75) is 25.7 Å². The molecule has 1 N–H and O–H groups in total. The fourth-order valence-electron chi connectivity index (χ4n) is 4.31. The second-order valence-electron chi connectivity index (χ2n) is 8.20. The Hall–Kier alpha value is -3.40. The van der Waals surface area contributed by atoms with Gasteiger partial charge in [-0.15, -0.1) is 0 Å². The van der Waals surface area contributed by atoms with Crippen LogP contribution in [0.3, 0.4) is 0 Å². The molecule has 31 heavy (non-hydrogen) atoms. The summed E-state index contributed by atoms with van der Waals surface area (Å²) in [5.41, 5.74) is 4.45. The molecule has 0 radical (unpaired) electrons. The van der Waals surface area contributed by atoms with E-state index in [1.165, 1.54) is 11.1 Å². The summed E-state index contributed by atoms with van der Waals surface area (Å²) in [6.45, 7) is 3.02. The van der Waals surface area contributed by atoms with Crippen LogP contribution in [-0.4, -0.2) is 24.9 Å². The first-order valence-electron chi connectivity index (χ1n) is 10.9. The molecule has 0 unspecified atom stereocenters. The van der Waals surface area contributed by atoms with Gasteiger partial charge in [-0.1, -0.05) is 72.8 Å². The van der Waals surface area contributed by atoms with E-state index in [1.54, 1.807) is 4.90 Å². The van der Waals surface area contributed by atoms with Gasteiger partial charge < -0.3 is 10.2 Å². The zero-order chi connectivity index (χ0) is 21.6. The van der Waals surface area contributed by atoms with E-state index in [-0.39, 0.29) is 30.1 Å². The van der Waals surface area contributed by atoms with E-state index < -0.39 is 0 Å². The summed E-state index contributed by atoms with van der Waals surface area (Å²) < 4.78 is 0. The number of aryl methyl sites for hydroxylation is 1. The predicted molar refractivity (Wildman–Crippen MR) is 124 cm³/mol. The second kappa shape index (κ2) is 9.61. The molecule has 0 bridgehead atoms. The van der Waals surface area contributed by atoms with E-state index in [0.29, 0.717) is 13.1 Å². The molecule has 0 saturated carbocycles. The van der Waals surface area contributed by atoms with Crippen LogP contribution in [0.5, 0.6) is 0 Å². The van der Waals surface area contributed by atoms with Crippen LogP contribution in [0, 0.1) is 12.8 Å². The average Bonchev–Trinajstić information content (AvgIpc) is 3.19. The highest BCUT2D eigenvalue weighted by atomic mass is 16.2. The van der Waals surface area contributed by atoms with Gasteiger partial charge in [-0.25, -0.2) is 0 Å². The Morgan fingerprint density at radius 3 is 2.23 bits per heavy atom. The summed E-state index contributed by atoms with van der Waals surface area (Å²) in [4.78, 5) is 27.0. The number of nitrogens with one attached hydrogen (secondary N) is 1. The summed E-state index contributed by atoms with van der Waals surface area (Å²) in [5.74, 6) is -0.114. The lowest BCUT2D eigenvalue weighted by atomic mass is 9.88. The largest absolute Gasteiger partial charge is 0.356 e. The summed E-state index contributed by atoms with van der Waals surface area (Å²) in [5, 5.41) is 3.08. The first kappa shape index (κ1) is 20.9. The van der Waals surface area contributed by atoms with Crippen molar-refractivity contribution in [1.29, 1.82) is 0 Å². The lowest BCUT2D eigenvalue weighted by Gasteiger charge is -2.19. The Bertz CT molecular complexity index is 994. The van der Waals surface area contributed by atoms with Crippen molar-refractivity contribution < 1.29 is 9.59 Å². The lowest BCUT2D eigenvalue weighted by molar-refractivity contribution is -0.126. The van der Waals surface area contributed by atoms with Crippen LogP contribution in [0.15, 0.2) is 84.9 Å². The number of carbonyl (C=O) groups excluding carboxylic acids is 2. The Morgan fingerprint density at radius 1 is 0.968 bits per heavy atom. The quantitative estimate of drug-likeness (QED) is 0.612. The van der Waals surface area contributed by atoms with Crippen molar-refractivity contribution in [3.8, 4) is 0 Å². The molecule has 158 valence electrons. The van der Waals surface area contributed by atoms with E-state index in [4.69, 9.17) is 0 Å². The van der Waals surface area contributed by atoms with Gasteiger partial charge in [-0.05, 0) is 42.2 Å². The third kappa shape index (κ3) is 5.02. The first-order chi connectivity index (χ1) is 15.1. The van der Waals surface area contributed by atoms with Gasteiger partial charge in [-0.3, -0.25) is 9.59 Å². The fraction of sp³-hybridized carbons (Fsp3) is 0.259. The van der Waals surface area contributed by atoms with Crippen molar-refractivity contribution in [2.75, 3.05) is 18.0 Å². The van der Waals surface area contributed by atoms with Crippen molar-refractivity contribution in [3.05, 3.63) is 102 Å². The molecule has 1 heterocycles. The minimum atomic E-state index is -0.306. The third-order valence-electron chi connectivity index (χ3n) is 5.95. The standard InChI is InChI=1S/C27H28N2O2/c1-20-9-8-14-24(17-20)29-19-23(18-26(29)30)27(31)28-16-15-25(21-10-4-2-5-11-21)22-12-6-3-7-13-22/h2-14,17,23,25H,15-16,18-19H2,1H3,(H,28,31)/t23-/m0/s1. The molecular formula is C27H28N2O2. The van der Waals surface area contributed by atoms with E-state index in [1.807, 2.05) is 67.6 Å². The number of nitrogens with zero attached hydrogens (tertiary/aromatic N) is 1. The van der Waals surface area contributed by atoms with Crippen molar-refractivity contribution in [2.24, 2.45) is 5.92 Å². The predicted octanol–water partition coefficient (Wildman–Crippen LogP) is 4.69. The van der Waals surface area contributed by atoms with Crippen molar-refractivity contribution >= 4 is 17.5 Å². The molecule has 0 spiro atoms. The number of amides is 2. The summed E-state index contributed by atoms with van der Waals surface area (Å²) in [6.07, 6.45) is 1.07. The van der Waals surface area contributed by atoms with Gasteiger partial charge in [0, 0.05) is 31.1 Å². The Kier molecular flexibility index (Phi) is 6.46. The van der Waals surface area contributed by atoms with Crippen LogP contribution in [0.1, 0.15) is 35.4 Å². The molecule has 2 amide bonds. The maximum absolute atomic E-state index is 12.8. The van der Waals surface area contributed by atoms with Crippen molar-refractivity contribution in [3.63, 3.8) is 0 Å². The molecule has 0 aliphatic carbocycles. The van der Waals surface area contributed by atoms with Crippen molar-refractivity contribution in [1.82, 2.24) is 5.32 Å². The zero-order valence-corrected chi connectivity index (χ0v) is 17.8. The number of hydrogen-bond donors (Lipinski definition) is 1. The molecule has 0 aromatic heterocycles. The topological polar surface area (TPSA) is 49.4 Å². The molecule has 1 aliphatic rings. The maximum atomic E-state index is 12.8. The van der Waals surface area contributed by atoms with Crippen LogP contribution in [0.25, 0.3) is 0 Å². The number of anilines is 1. The highest BCUT2D eigenvalue weighted by molar-refractivity contribution is 6.00. The monoisotopic (exact) mass is 412 g/mol. The highest BCUT2D eigenvalue weighted by Crippen LogP contribution is 2.28.